The number of benzene rings is 2. The summed E-state index contributed by atoms with van der Waals surface area (Å²) >= 11 is 0. The molecule has 0 radical (unpaired) electrons. The molecule has 22 heavy (non-hydrogen) atoms. The molecule has 0 amide bonds. The topological polar surface area (TPSA) is 0 Å². The van der Waals surface area contributed by atoms with Crippen LogP contribution in [0.2, 0.25) is 0 Å². The Morgan fingerprint density at radius 2 is 0.818 bits per heavy atom. The fourth-order valence-corrected chi connectivity index (χ4v) is 1.84. The van der Waals surface area contributed by atoms with E-state index < -0.39 is 46.2 Å². The molecular formula is C14H6F8. The molecule has 2 rings (SSSR count). The van der Waals surface area contributed by atoms with Crippen LogP contribution >= 0.6 is 0 Å². The van der Waals surface area contributed by atoms with Gasteiger partial charge in [0, 0.05) is 0 Å². The molecule has 0 bridgehead atoms. The molecule has 0 aliphatic carbocycles. The van der Waals surface area contributed by atoms with Crippen molar-refractivity contribution < 1.29 is 35.1 Å². The number of alkyl halides is 6. The minimum atomic E-state index is -4.88. The minimum absolute atomic E-state index is 0.202. The largest absolute Gasteiger partial charge is 0.416 e. The van der Waals surface area contributed by atoms with Crippen LogP contribution in [0, 0.1) is 11.6 Å². The lowest BCUT2D eigenvalue weighted by atomic mass is 10.00. The van der Waals surface area contributed by atoms with Gasteiger partial charge in [0.05, 0.1) is 11.1 Å². The van der Waals surface area contributed by atoms with Gasteiger partial charge in [0.25, 0.3) is 0 Å². The molecule has 0 fully saturated rings. The van der Waals surface area contributed by atoms with Gasteiger partial charge >= 0.3 is 12.4 Å². The van der Waals surface area contributed by atoms with Gasteiger partial charge in [0.15, 0.2) is 0 Å². The van der Waals surface area contributed by atoms with E-state index >= 15 is 0 Å². The monoisotopic (exact) mass is 326 g/mol. The Morgan fingerprint density at radius 1 is 0.500 bits per heavy atom. The van der Waals surface area contributed by atoms with E-state index in [2.05, 4.69) is 0 Å². The van der Waals surface area contributed by atoms with Gasteiger partial charge in [-0.2, -0.15) is 26.3 Å². The van der Waals surface area contributed by atoms with E-state index in [1.165, 1.54) is 0 Å². The molecule has 0 aromatic heterocycles. The van der Waals surface area contributed by atoms with E-state index in [1.807, 2.05) is 0 Å². The molecule has 118 valence electrons. The predicted molar refractivity (Wildman–Crippen MR) is 61.8 cm³/mol. The average Bonchev–Trinajstić information content (AvgIpc) is 2.35. The van der Waals surface area contributed by atoms with Crippen LogP contribution in [0.5, 0.6) is 0 Å². The summed E-state index contributed by atoms with van der Waals surface area (Å²) in [7, 11) is 0. The van der Waals surface area contributed by atoms with Crippen molar-refractivity contribution in [3.05, 3.63) is 59.2 Å². The normalized spacial score (nSPS) is 12.5. The Balaban J connectivity index is 2.62. The zero-order chi connectivity index (χ0) is 16.7. The van der Waals surface area contributed by atoms with Crippen molar-refractivity contribution >= 4 is 0 Å². The molecule has 8 heteroatoms. The lowest BCUT2D eigenvalue weighted by Crippen LogP contribution is -2.07. The Labute approximate surface area is 119 Å². The summed E-state index contributed by atoms with van der Waals surface area (Å²) in [6.07, 6.45) is -9.76. The summed E-state index contributed by atoms with van der Waals surface area (Å²) in [6, 6.07) is 2.52. The highest BCUT2D eigenvalue weighted by Gasteiger charge is 2.33. The van der Waals surface area contributed by atoms with Crippen molar-refractivity contribution in [1.29, 1.82) is 0 Å². The fourth-order valence-electron chi connectivity index (χ4n) is 1.84. The van der Waals surface area contributed by atoms with Gasteiger partial charge in [-0.25, -0.2) is 8.78 Å². The van der Waals surface area contributed by atoms with Gasteiger partial charge in [-0.3, -0.25) is 0 Å². The second-order valence-corrected chi connectivity index (χ2v) is 4.45. The lowest BCUT2D eigenvalue weighted by molar-refractivity contribution is -0.138. The molecule has 0 aliphatic rings. The fraction of sp³-hybridized carbons (Fsp3) is 0.143. The quantitative estimate of drug-likeness (QED) is 0.592. The molecule has 0 heterocycles. The maximum Gasteiger partial charge on any atom is 0.416 e. The molecule has 2 aromatic carbocycles. The van der Waals surface area contributed by atoms with Crippen molar-refractivity contribution in [3.63, 3.8) is 0 Å². The van der Waals surface area contributed by atoms with Gasteiger partial charge in [0.1, 0.15) is 11.6 Å². The number of rotatable bonds is 1. The van der Waals surface area contributed by atoms with Gasteiger partial charge < -0.3 is 0 Å². The van der Waals surface area contributed by atoms with E-state index in [0.29, 0.717) is 24.3 Å². The Kier molecular flexibility index (Phi) is 3.88. The van der Waals surface area contributed by atoms with Crippen LogP contribution in [-0.2, 0) is 12.4 Å². The first-order valence-corrected chi connectivity index (χ1v) is 5.73. The van der Waals surface area contributed by atoms with Crippen LogP contribution in [-0.4, -0.2) is 0 Å². The van der Waals surface area contributed by atoms with Crippen molar-refractivity contribution in [1.82, 2.24) is 0 Å². The lowest BCUT2D eigenvalue weighted by Gasteiger charge is -2.12. The van der Waals surface area contributed by atoms with Crippen LogP contribution in [0.15, 0.2) is 36.4 Å². The zero-order valence-electron chi connectivity index (χ0n) is 10.5. The predicted octanol–water partition coefficient (Wildman–Crippen LogP) is 5.67. The highest BCUT2D eigenvalue weighted by Crippen LogP contribution is 2.36. The van der Waals surface area contributed by atoms with E-state index in [4.69, 9.17) is 0 Å². The number of hydrogen-bond donors (Lipinski definition) is 0. The molecule has 0 aliphatic heterocycles. The summed E-state index contributed by atoms with van der Waals surface area (Å²) in [4.78, 5) is 0. The standard InChI is InChI=1S/C14H6F8/c15-11-3-7(1-9(5-11)13(17,18)19)8-2-10(14(20,21)22)6-12(16)4-8/h1-6H. The second-order valence-electron chi connectivity index (χ2n) is 4.45. The average molecular weight is 326 g/mol. The zero-order valence-corrected chi connectivity index (χ0v) is 10.5. The first kappa shape index (κ1) is 16.3. The third-order valence-electron chi connectivity index (χ3n) is 2.78. The molecule has 0 spiro atoms. The van der Waals surface area contributed by atoms with E-state index in [0.717, 1.165) is 0 Å². The van der Waals surface area contributed by atoms with Gasteiger partial charge in [-0.1, -0.05) is 0 Å². The molecule has 0 N–H and O–H groups in total. The Hall–Kier alpha value is -2.12. The minimum Gasteiger partial charge on any atom is -0.207 e. The summed E-state index contributed by atoms with van der Waals surface area (Å²) in [6.45, 7) is 0. The molecule has 0 unspecified atom stereocenters. The summed E-state index contributed by atoms with van der Waals surface area (Å²) < 4.78 is 102. The van der Waals surface area contributed by atoms with Gasteiger partial charge in [-0.15, -0.1) is 0 Å². The molecule has 0 nitrogen and oxygen atoms in total. The smallest absolute Gasteiger partial charge is 0.207 e. The summed E-state index contributed by atoms with van der Waals surface area (Å²) in [5.41, 5.74) is -3.75. The third kappa shape index (κ3) is 3.55. The van der Waals surface area contributed by atoms with Gasteiger partial charge in [-0.05, 0) is 47.5 Å². The first-order chi connectivity index (χ1) is 9.96. The van der Waals surface area contributed by atoms with Gasteiger partial charge in [0.2, 0.25) is 0 Å². The summed E-state index contributed by atoms with van der Waals surface area (Å²) in [5, 5.41) is 0. The molecule has 0 saturated heterocycles. The van der Waals surface area contributed by atoms with Crippen LogP contribution < -0.4 is 0 Å². The van der Waals surface area contributed by atoms with Crippen LogP contribution in [0.3, 0.4) is 0 Å². The molecular weight excluding hydrogens is 320 g/mol. The van der Waals surface area contributed by atoms with E-state index in [-0.39, 0.29) is 12.1 Å². The molecule has 0 atom stereocenters. The summed E-state index contributed by atoms with van der Waals surface area (Å²) in [5.74, 6) is -2.58. The van der Waals surface area contributed by atoms with Crippen molar-refractivity contribution in [2.75, 3.05) is 0 Å². The maximum absolute atomic E-state index is 13.3. The van der Waals surface area contributed by atoms with E-state index in [9.17, 15) is 35.1 Å². The van der Waals surface area contributed by atoms with E-state index in [1.54, 1.807) is 0 Å². The molecule has 0 saturated carbocycles. The molecule has 2 aromatic rings. The number of hydrogen-bond acceptors (Lipinski definition) is 0. The van der Waals surface area contributed by atoms with Crippen molar-refractivity contribution in [3.8, 4) is 11.1 Å². The van der Waals surface area contributed by atoms with Crippen LogP contribution in [0.1, 0.15) is 11.1 Å². The maximum atomic E-state index is 13.3. The van der Waals surface area contributed by atoms with Crippen molar-refractivity contribution in [2.24, 2.45) is 0 Å². The van der Waals surface area contributed by atoms with Crippen LogP contribution in [0.4, 0.5) is 35.1 Å². The highest BCUT2D eigenvalue weighted by atomic mass is 19.4. The first-order valence-electron chi connectivity index (χ1n) is 5.73. The third-order valence-corrected chi connectivity index (χ3v) is 2.78. The Bertz CT molecular complexity index is 635. The Morgan fingerprint density at radius 3 is 1.09 bits per heavy atom. The SMILES string of the molecule is Fc1cc(-c2cc(F)cc(C(F)(F)F)c2)cc(C(F)(F)F)c1. The number of halogens is 8. The van der Waals surface area contributed by atoms with Crippen molar-refractivity contribution in [2.45, 2.75) is 12.4 Å². The van der Waals surface area contributed by atoms with Crippen LogP contribution in [0.25, 0.3) is 11.1 Å². The highest BCUT2D eigenvalue weighted by molar-refractivity contribution is 5.65. The second kappa shape index (κ2) is 5.26.